The molecule has 1 N–H and O–H groups in total. The van der Waals surface area contributed by atoms with Crippen LogP contribution in [-0.4, -0.2) is 68.4 Å². The second-order valence-corrected chi connectivity index (χ2v) is 6.79. The number of hydrogen-bond acceptors (Lipinski definition) is 5. The zero-order chi connectivity index (χ0) is 20.1. The Kier molecular flexibility index (Phi) is 6.30. The van der Waals surface area contributed by atoms with Gasteiger partial charge in [0.1, 0.15) is 0 Å². The number of aliphatic imine (C=N–C) groups is 2. The van der Waals surface area contributed by atoms with Gasteiger partial charge in [-0.3, -0.25) is 9.69 Å². The fraction of sp³-hybridized carbons (Fsp3) is 0.450. The summed E-state index contributed by atoms with van der Waals surface area (Å²) < 4.78 is 10.9. The van der Waals surface area contributed by atoms with Crippen molar-refractivity contribution in [3.63, 3.8) is 0 Å². The first-order valence-corrected chi connectivity index (χ1v) is 9.35. The van der Waals surface area contributed by atoms with Crippen molar-refractivity contribution in [2.75, 3.05) is 40.0 Å². The normalized spacial score (nSPS) is 18.8. The second-order valence-electron chi connectivity index (χ2n) is 6.79. The molecule has 2 aliphatic rings. The van der Waals surface area contributed by atoms with E-state index in [-0.39, 0.29) is 18.7 Å². The van der Waals surface area contributed by atoms with Gasteiger partial charge in [0.15, 0.2) is 11.5 Å². The average molecular weight is 385 g/mol. The first-order chi connectivity index (χ1) is 13.5. The first-order valence-electron chi connectivity index (χ1n) is 9.35. The zero-order valence-corrected chi connectivity index (χ0v) is 16.6. The fourth-order valence-corrected chi connectivity index (χ4v) is 3.33. The van der Waals surface area contributed by atoms with Crippen molar-refractivity contribution in [1.82, 2.24) is 15.1 Å². The number of carbonyl (C=O) groups excluding carboxylic acids is 1. The van der Waals surface area contributed by atoms with E-state index in [9.17, 15) is 4.79 Å². The van der Waals surface area contributed by atoms with Crippen molar-refractivity contribution >= 4 is 18.6 Å². The fourth-order valence-electron chi connectivity index (χ4n) is 3.33. The predicted molar refractivity (Wildman–Crippen MR) is 109 cm³/mol. The van der Waals surface area contributed by atoms with Crippen LogP contribution in [0.1, 0.15) is 25.5 Å². The summed E-state index contributed by atoms with van der Waals surface area (Å²) in [6.07, 6.45) is 1.53. The van der Waals surface area contributed by atoms with Crippen molar-refractivity contribution in [3.8, 4) is 11.5 Å². The van der Waals surface area contributed by atoms with Gasteiger partial charge in [-0.1, -0.05) is 6.07 Å². The molecule has 2 heterocycles. The minimum absolute atomic E-state index is 0.158. The van der Waals surface area contributed by atoms with Crippen LogP contribution in [0.5, 0.6) is 11.5 Å². The van der Waals surface area contributed by atoms with Crippen molar-refractivity contribution in [2.45, 2.75) is 19.9 Å². The number of ether oxygens (including phenoxy) is 2. The lowest BCUT2D eigenvalue weighted by Crippen LogP contribution is -2.48. The summed E-state index contributed by atoms with van der Waals surface area (Å²) in [5.41, 5.74) is 1.73. The molecule has 1 aromatic carbocycles. The molecule has 1 amide bonds. The number of fused-ring (bicyclic) bond motifs is 1. The van der Waals surface area contributed by atoms with Gasteiger partial charge in [0.2, 0.25) is 18.7 Å². The molecule has 0 unspecified atom stereocenters. The van der Waals surface area contributed by atoms with Crippen LogP contribution < -0.4 is 14.8 Å². The lowest BCUT2D eigenvalue weighted by molar-refractivity contribution is -0.117. The Morgan fingerprint density at radius 3 is 2.64 bits per heavy atom. The molecule has 0 saturated carbocycles. The zero-order valence-electron chi connectivity index (χ0n) is 16.6. The van der Waals surface area contributed by atoms with E-state index in [1.54, 1.807) is 14.0 Å². The van der Waals surface area contributed by atoms with Crippen molar-refractivity contribution in [3.05, 3.63) is 35.5 Å². The van der Waals surface area contributed by atoms with Crippen LogP contribution in [0, 0.1) is 0 Å². The molecule has 1 aromatic rings. The minimum atomic E-state index is -0.158. The van der Waals surface area contributed by atoms with E-state index >= 15 is 0 Å². The number of guanidine groups is 1. The molecule has 3 rings (SSSR count). The van der Waals surface area contributed by atoms with Crippen LogP contribution in [0.15, 0.2) is 40.0 Å². The van der Waals surface area contributed by atoms with Gasteiger partial charge in [0, 0.05) is 51.0 Å². The van der Waals surface area contributed by atoms with Crippen molar-refractivity contribution in [1.29, 1.82) is 0 Å². The van der Waals surface area contributed by atoms with E-state index < -0.39 is 0 Å². The number of amides is 1. The van der Waals surface area contributed by atoms with Crippen LogP contribution in [-0.2, 0) is 4.79 Å². The van der Waals surface area contributed by atoms with Crippen LogP contribution in [0.4, 0.5) is 0 Å². The lowest BCUT2D eigenvalue weighted by Gasteiger charge is -2.38. The van der Waals surface area contributed by atoms with E-state index in [0.29, 0.717) is 11.5 Å². The summed E-state index contributed by atoms with van der Waals surface area (Å²) >= 11 is 0. The van der Waals surface area contributed by atoms with Crippen molar-refractivity contribution < 1.29 is 14.3 Å². The van der Waals surface area contributed by atoms with Crippen LogP contribution in [0.3, 0.4) is 0 Å². The number of hydrogen-bond donors (Lipinski definition) is 1. The summed E-state index contributed by atoms with van der Waals surface area (Å²) in [4.78, 5) is 24.5. The third kappa shape index (κ3) is 4.33. The Balaban J connectivity index is 1.61. The van der Waals surface area contributed by atoms with Gasteiger partial charge in [0.25, 0.3) is 0 Å². The van der Waals surface area contributed by atoms with E-state index in [2.05, 4.69) is 50.9 Å². The maximum atomic E-state index is 11.6. The standard InChI is InChI=1S/C20H27N5O3/c1-14(19(26)21-3)12-23-20(22-4)25-9-7-24(8-10-25)15(2)16-5-6-17-18(11-16)28-13-27-17/h5-6,11-12,15H,4,7-10,13H2,1-3H3,(H,21,26)/b14-12+,23-20+/t15-/m0/s1. The highest BCUT2D eigenvalue weighted by molar-refractivity contribution is 5.93. The first kappa shape index (κ1) is 19.9. The Hall–Kier alpha value is -2.87. The number of piperazine rings is 1. The number of rotatable bonds is 4. The van der Waals surface area contributed by atoms with Gasteiger partial charge in [-0.2, -0.15) is 0 Å². The Morgan fingerprint density at radius 2 is 1.96 bits per heavy atom. The van der Waals surface area contributed by atoms with Crippen molar-refractivity contribution in [2.24, 2.45) is 9.98 Å². The van der Waals surface area contributed by atoms with Gasteiger partial charge in [-0.05, 0) is 38.3 Å². The summed E-state index contributed by atoms with van der Waals surface area (Å²) in [5, 5.41) is 2.58. The molecular formula is C20H27N5O3. The number of nitrogens with one attached hydrogen (secondary N) is 1. The van der Waals surface area contributed by atoms with Gasteiger partial charge in [-0.25, -0.2) is 9.98 Å². The summed E-state index contributed by atoms with van der Waals surface area (Å²) in [7, 11) is 1.59. The van der Waals surface area contributed by atoms with Crippen LogP contribution >= 0.6 is 0 Å². The minimum Gasteiger partial charge on any atom is -0.454 e. The third-order valence-electron chi connectivity index (χ3n) is 5.12. The number of likely N-dealkylation sites (N-methyl/N-ethyl adjacent to an activating group) is 1. The lowest BCUT2D eigenvalue weighted by atomic mass is 10.1. The highest BCUT2D eigenvalue weighted by Gasteiger charge is 2.25. The average Bonchev–Trinajstić information content (AvgIpc) is 3.21. The highest BCUT2D eigenvalue weighted by atomic mass is 16.7. The quantitative estimate of drug-likeness (QED) is 0.486. The molecule has 150 valence electrons. The SMILES string of the molecule is C=N/C(=N\C=C(/C)C(=O)NC)N1CCN([C@@H](C)c2ccc3c(c2)OCO3)CC1. The molecule has 0 bridgehead atoms. The highest BCUT2D eigenvalue weighted by Crippen LogP contribution is 2.35. The predicted octanol–water partition coefficient (Wildman–Crippen LogP) is 1.80. The molecule has 1 saturated heterocycles. The van der Waals surface area contributed by atoms with Gasteiger partial charge in [0.05, 0.1) is 0 Å². The van der Waals surface area contributed by atoms with E-state index in [0.717, 1.165) is 37.7 Å². The molecule has 28 heavy (non-hydrogen) atoms. The summed E-state index contributed by atoms with van der Waals surface area (Å²) in [6, 6.07) is 6.39. The number of nitrogens with zero attached hydrogens (tertiary/aromatic N) is 4. The van der Waals surface area contributed by atoms with E-state index in [1.165, 1.54) is 11.8 Å². The number of carbonyl (C=O) groups is 1. The number of benzene rings is 1. The molecule has 1 fully saturated rings. The molecule has 8 nitrogen and oxygen atoms in total. The second kappa shape index (κ2) is 8.88. The Labute approximate surface area is 165 Å². The molecule has 0 aliphatic carbocycles. The van der Waals surface area contributed by atoms with Crippen LogP contribution in [0.25, 0.3) is 0 Å². The molecule has 0 aromatic heterocycles. The molecule has 0 spiro atoms. The molecule has 1 atom stereocenters. The third-order valence-corrected chi connectivity index (χ3v) is 5.12. The maximum Gasteiger partial charge on any atom is 0.248 e. The van der Waals surface area contributed by atoms with Crippen LogP contribution in [0.2, 0.25) is 0 Å². The topological polar surface area (TPSA) is 78.8 Å². The van der Waals surface area contributed by atoms with E-state index in [1.807, 2.05) is 6.07 Å². The summed E-state index contributed by atoms with van der Waals surface area (Å²) in [6.45, 7) is 11.2. The molecule has 0 radical (unpaired) electrons. The maximum absolute atomic E-state index is 11.6. The Morgan fingerprint density at radius 1 is 1.25 bits per heavy atom. The largest absolute Gasteiger partial charge is 0.454 e. The van der Waals surface area contributed by atoms with E-state index in [4.69, 9.17) is 9.47 Å². The summed E-state index contributed by atoms with van der Waals surface area (Å²) in [5.74, 6) is 2.00. The Bertz CT molecular complexity index is 797. The van der Waals surface area contributed by atoms with Gasteiger partial charge < -0.3 is 19.7 Å². The monoisotopic (exact) mass is 385 g/mol. The smallest absolute Gasteiger partial charge is 0.248 e. The molecule has 2 aliphatic heterocycles. The molecular weight excluding hydrogens is 358 g/mol. The van der Waals surface area contributed by atoms with Gasteiger partial charge >= 0.3 is 0 Å². The van der Waals surface area contributed by atoms with Gasteiger partial charge in [-0.15, -0.1) is 0 Å². The molecule has 8 heteroatoms.